The number of rotatable bonds is 3. The van der Waals surface area contributed by atoms with Crippen LogP contribution < -0.4 is 4.90 Å². The molecule has 1 amide bonds. The summed E-state index contributed by atoms with van der Waals surface area (Å²) in [6.07, 6.45) is -2.68. The second kappa shape index (κ2) is 9.30. The largest absolute Gasteiger partial charge is 0.457 e. The van der Waals surface area contributed by atoms with Crippen molar-refractivity contribution in [1.29, 1.82) is 0 Å². The molecule has 180 valence electrons. The summed E-state index contributed by atoms with van der Waals surface area (Å²) in [5.74, 6) is 0.972. The van der Waals surface area contributed by atoms with Gasteiger partial charge in [-0.25, -0.2) is 0 Å². The molecule has 0 saturated carbocycles. The predicted octanol–water partition coefficient (Wildman–Crippen LogP) is 6.07. The number of thioether (sulfide) groups is 1. The van der Waals surface area contributed by atoms with Gasteiger partial charge in [-0.3, -0.25) is 4.79 Å². The number of furan rings is 1. The van der Waals surface area contributed by atoms with Gasteiger partial charge in [-0.1, -0.05) is 35.9 Å². The highest BCUT2D eigenvalue weighted by molar-refractivity contribution is 8.18. The number of anilines is 1. The van der Waals surface area contributed by atoms with Gasteiger partial charge in [-0.05, 0) is 49.0 Å². The van der Waals surface area contributed by atoms with Crippen LogP contribution >= 0.6 is 11.8 Å². The predicted molar refractivity (Wildman–Crippen MR) is 132 cm³/mol. The first-order valence-electron chi connectivity index (χ1n) is 11.1. The van der Waals surface area contributed by atoms with Crippen molar-refractivity contribution in [3.63, 3.8) is 0 Å². The lowest BCUT2D eigenvalue weighted by Crippen LogP contribution is -2.47. The van der Waals surface area contributed by atoms with E-state index in [-0.39, 0.29) is 5.91 Å². The molecule has 3 heterocycles. The zero-order chi connectivity index (χ0) is 24.6. The van der Waals surface area contributed by atoms with Crippen LogP contribution in [0.2, 0.25) is 0 Å². The molecule has 5 nitrogen and oxygen atoms in total. The molecule has 2 aliphatic heterocycles. The van der Waals surface area contributed by atoms with Gasteiger partial charge in [0.2, 0.25) is 0 Å². The van der Waals surface area contributed by atoms with E-state index in [1.807, 2.05) is 53.1 Å². The molecule has 5 rings (SSSR count). The molecule has 0 bridgehead atoms. The summed E-state index contributed by atoms with van der Waals surface area (Å²) in [6.45, 7) is 4.20. The van der Waals surface area contributed by atoms with Crippen LogP contribution in [0.1, 0.15) is 16.9 Å². The Balaban J connectivity index is 1.22. The van der Waals surface area contributed by atoms with Crippen LogP contribution in [-0.2, 0) is 11.0 Å². The van der Waals surface area contributed by atoms with Gasteiger partial charge in [0.05, 0.1) is 10.5 Å². The van der Waals surface area contributed by atoms with Crippen LogP contribution in [0.25, 0.3) is 17.4 Å². The lowest BCUT2D eigenvalue weighted by atomic mass is 10.1. The first kappa shape index (κ1) is 23.3. The molecule has 0 radical (unpaired) electrons. The Kier molecular flexibility index (Phi) is 6.19. The third-order valence-corrected chi connectivity index (χ3v) is 6.98. The third-order valence-electron chi connectivity index (χ3n) is 5.93. The molecule has 9 heteroatoms. The second-order valence-electron chi connectivity index (χ2n) is 8.40. The fourth-order valence-electron chi connectivity index (χ4n) is 4.00. The van der Waals surface area contributed by atoms with Crippen LogP contribution in [0, 0.1) is 6.92 Å². The number of benzene rings is 2. The third kappa shape index (κ3) is 5.14. The first-order valence-corrected chi connectivity index (χ1v) is 11.9. The van der Waals surface area contributed by atoms with E-state index in [0.717, 1.165) is 23.0 Å². The summed E-state index contributed by atoms with van der Waals surface area (Å²) in [4.78, 5) is 21.1. The lowest BCUT2D eigenvalue weighted by molar-refractivity contribution is -0.137. The maximum Gasteiger partial charge on any atom is 0.416 e. The lowest BCUT2D eigenvalue weighted by Gasteiger charge is -2.36. The molecule has 35 heavy (non-hydrogen) atoms. The summed E-state index contributed by atoms with van der Waals surface area (Å²) < 4.78 is 45.0. The van der Waals surface area contributed by atoms with Crippen LogP contribution in [0.3, 0.4) is 0 Å². The minimum atomic E-state index is -4.37. The van der Waals surface area contributed by atoms with Crippen LogP contribution in [0.15, 0.2) is 75.0 Å². The van der Waals surface area contributed by atoms with Crippen molar-refractivity contribution in [3.05, 3.63) is 82.5 Å². The highest BCUT2D eigenvalue weighted by atomic mass is 32.2. The number of halogens is 3. The van der Waals surface area contributed by atoms with Crippen molar-refractivity contribution in [3.8, 4) is 11.3 Å². The first-order chi connectivity index (χ1) is 16.8. The van der Waals surface area contributed by atoms with Gasteiger partial charge in [0, 0.05) is 43.5 Å². The topological polar surface area (TPSA) is 49.0 Å². The number of piperazine rings is 1. The Bertz CT molecular complexity index is 1300. The van der Waals surface area contributed by atoms with Gasteiger partial charge in [0.1, 0.15) is 11.5 Å². The van der Waals surface area contributed by atoms with E-state index in [2.05, 4.69) is 4.99 Å². The van der Waals surface area contributed by atoms with E-state index < -0.39 is 11.7 Å². The Morgan fingerprint density at radius 3 is 2.40 bits per heavy atom. The number of aryl methyl sites for hydroxylation is 1. The van der Waals surface area contributed by atoms with Gasteiger partial charge < -0.3 is 14.2 Å². The molecule has 2 aromatic carbocycles. The van der Waals surface area contributed by atoms with E-state index in [1.165, 1.54) is 23.9 Å². The molecule has 0 unspecified atom stereocenters. The minimum absolute atomic E-state index is 0.321. The average molecular weight is 498 g/mol. The molecule has 1 saturated heterocycles. The van der Waals surface area contributed by atoms with E-state index in [1.54, 1.807) is 12.1 Å². The van der Waals surface area contributed by atoms with Crippen LogP contribution in [0.4, 0.5) is 18.9 Å². The van der Waals surface area contributed by atoms with E-state index in [4.69, 9.17) is 4.42 Å². The number of alkyl halides is 3. The van der Waals surface area contributed by atoms with Crippen molar-refractivity contribution >= 4 is 34.6 Å². The number of hydrogen-bond acceptors (Lipinski definition) is 5. The van der Waals surface area contributed by atoms with Crippen molar-refractivity contribution < 1.29 is 22.4 Å². The summed E-state index contributed by atoms with van der Waals surface area (Å²) >= 11 is 1.29. The number of amidine groups is 1. The smallest absolute Gasteiger partial charge is 0.416 e. The summed E-state index contributed by atoms with van der Waals surface area (Å²) in [5.41, 5.74) is 2.01. The molecular formula is C26H22F3N3O2S. The number of hydrogen-bond donors (Lipinski definition) is 0. The minimum Gasteiger partial charge on any atom is -0.457 e. The van der Waals surface area contributed by atoms with Crippen molar-refractivity contribution in [2.45, 2.75) is 13.1 Å². The number of nitrogens with zero attached hydrogens (tertiary/aromatic N) is 3. The van der Waals surface area contributed by atoms with E-state index in [9.17, 15) is 18.0 Å². The van der Waals surface area contributed by atoms with Gasteiger partial charge in [0.25, 0.3) is 5.91 Å². The molecule has 1 aromatic heterocycles. The SMILES string of the molecule is Cc1ccc(-c2ccc(C=C3SC(N4CCN(c5cccc(C(F)(F)F)c5)CC4)=NC3=O)o2)cc1. The van der Waals surface area contributed by atoms with Gasteiger partial charge in [0.15, 0.2) is 5.17 Å². The molecule has 0 spiro atoms. The van der Waals surface area contributed by atoms with Crippen molar-refractivity contribution in [1.82, 2.24) is 4.90 Å². The molecule has 0 atom stereocenters. The maximum atomic E-state index is 13.0. The Morgan fingerprint density at radius 1 is 0.971 bits per heavy atom. The normalized spacial score (nSPS) is 17.9. The molecule has 2 aliphatic rings. The van der Waals surface area contributed by atoms with Gasteiger partial charge in [-0.2, -0.15) is 18.2 Å². The number of amides is 1. The Hall–Kier alpha value is -3.46. The molecular weight excluding hydrogens is 475 g/mol. The fourth-order valence-corrected chi connectivity index (χ4v) is 4.95. The van der Waals surface area contributed by atoms with Gasteiger partial charge in [-0.15, -0.1) is 0 Å². The highest BCUT2D eigenvalue weighted by Gasteiger charge is 2.32. The van der Waals surface area contributed by atoms with Crippen LogP contribution in [-0.4, -0.2) is 42.2 Å². The van der Waals surface area contributed by atoms with Crippen LogP contribution in [0.5, 0.6) is 0 Å². The number of carbonyl (C=O) groups is 1. The number of carbonyl (C=O) groups excluding carboxylic acids is 1. The van der Waals surface area contributed by atoms with Crippen molar-refractivity contribution in [2.75, 3.05) is 31.1 Å². The molecule has 0 N–H and O–H groups in total. The Morgan fingerprint density at radius 2 is 1.69 bits per heavy atom. The second-order valence-corrected chi connectivity index (χ2v) is 9.41. The molecule has 3 aromatic rings. The summed E-state index contributed by atoms with van der Waals surface area (Å²) in [7, 11) is 0. The quantitative estimate of drug-likeness (QED) is 0.412. The fraction of sp³-hybridized carbons (Fsp3) is 0.231. The van der Waals surface area contributed by atoms with E-state index in [0.29, 0.717) is 47.7 Å². The van der Waals surface area contributed by atoms with E-state index >= 15 is 0 Å². The zero-order valence-electron chi connectivity index (χ0n) is 18.9. The molecule has 1 fully saturated rings. The average Bonchev–Trinajstić information content (AvgIpc) is 3.46. The number of aliphatic imine (C=N–C) groups is 1. The monoisotopic (exact) mass is 497 g/mol. The highest BCUT2D eigenvalue weighted by Crippen LogP contribution is 2.34. The van der Waals surface area contributed by atoms with Gasteiger partial charge >= 0.3 is 6.18 Å². The Labute approximate surface area is 204 Å². The van der Waals surface area contributed by atoms with Crippen molar-refractivity contribution in [2.24, 2.45) is 4.99 Å². The zero-order valence-corrected chi connectivity index (χ0v) is 19.7. The standard InChI is InChI=1S/C26H22F3N3O2S/c1-17-5-7-18(8-6-17)22-10-9-21(34-22)16-23-24(33)30-25(35-23)32-13-11-31(12-14-32)20-4-2-3-19(15-20)26(27,28)29/h2-10,15-16H,11-14H2,1H3. The maximum absolute atomic E-state index is 13.0. The summed E-state index contributed by atoms with van der Waals surface area (Å²) in [6, 6.07) is 17.1. The molecule has 0 aliphatic carbocycles. The summed E-state index contributed by atoms with van der Waals surface area (Å²) in [5, 5.41) is 0.607.